The number of pyridine rings is 1. The predicted octanol–water partition coefficient (Wildman–Crippen LogP) is 1.86. The van der Waals surface area contributed by atoms with E-state index in [0.29, 0.717) is 19.6 Å². The van der Waals surface area contributed by atoms with Crippen molar-refractivity contribution in [1.82, 2.24) is 19.3 Å². The summed E-state index contributed by atoms with van der Waals surface area (Å²) in [6.45, 7) is 4.25. The maximum atomic E-state index is 13.6. The molecule has 0 N–H and O–H groups in total. The first-order chi connectivity index (χ1) is 16.2. The van der Waals surface area contributed by atoms with Crippen LogP contribution in [0, 0.1) is 18.3 Å². The van der Waals surface area contributed by atoms with E-state index in [1.54, 1.807) is 12.1 Å². The fourth-order valence-electron chi connectivity index (χ4n) is 6.04. The maximum Gasteiger partial charge on any atom is 0.332 e. The molecular weight excluding hydrogens is 432 g/mol. The minimum atomic E-state index is -1.38. The van der Waals surface area contributed by atoms with Gasteiger partial charge in [0.2, 0.25) is 11.8 Å². The van der Waals surface area contributed by atoms with Gasteiger partial charge in [-0.25, -0.2) is 4.79 Å². The summed E-state index contributed by atoms with van der Waals surface area (Å²) in [4.78, 5) is 56.5. The Hall–Kier alpha value is -3.26. The van der Waals surface area contributed by atoms with E-state index in [1.165, 1.54) is 14.1 Å². The number of hydrogen-bond acceptors (Lipinski definition) is 5. The Kier molecular flexibility index (Phi) is 5.43. The highest BCUT2D eigenvalue weighted by atomic mass is 16.2. The number of carbonyl (C=O) groups is 3. The first kappa shape index (κ1) is 22.5. The molecule has 5 rings (SSSR count). The van der Waals surface area contributed by atoms with Crippen molar-refractivity contribution < 1.29 is 14.4 Å². The zero-order valence-corrected chi connectivity index (χ0v) is 19.9. The van der Waals surface area contributed by atoms with Gasteiger partial charge in [-0.2, -0.15) is 0 Å². The number of imide groups is 2. The fourth-order valence-corrected chi connectivity index (χ4v) is 6.04. The number of benzene rings is 1. The summed E-state index contributed by atoms with van der Waals surface area (Å²) >= 11 is 0. The molecule has 4 amide bonds. The molecule has 1 aromatic carbocycles. The number of hydrogen-bond donors (Lipinski definition) is 0. The van der Waals surface area contributed by atoms with Crippen molar-refractivity contribution in [2.75, 3.05) is 33.7 Å². The number of rotatable bonds is 4. The summed E-state index contributed by atoms with van der Waals surface area (Å²) in [5.74, 6) is -0.459. The first-order valence-electron chi connectivity index (χ1n) is 11.8. The molecule has 4 heterocycles. The Balaban J connectivity index is 1.50. The fraction of sp³-hybridized carbons (Fsp3) is 0.462. The topological polar surface area (TPSA) is 82.9 Å². The second kappa shape index (κ2) is 8.20. The second-order valence-corrected chi connectivity index (χ2v) is 10.1. The molecule has 1 aromatic heterocycles. The standard InChI is InChI=1S/C26H30N4O4/c1-17-7-9-18(10-8-17)12-26(23(32)27(2)25(34)28(3)24(26)33)16-29-13-19-11-20(15-29)21-5-4-6-22(31)30(21)14-19/h4-10,19-20H,11-16H2,1-3H3/t19?,20-/m1/s1. The van der Waals surface area contributed by atoms with E-state index in [4.69, 9.17) is 0 Å². The van der Waals surface area contributed by atoms with Gasteiger partial charge in [0.05, 0.1) is 0 Å². The number of likely N-dealkylation sites (tertiary alicyclic amines) is 1. The summed E-state index contributed by atoms with van der Waals surface area (Å²) in [6, 6.07) is 12.6. The van der Waals surface area contributed by atoms with E-state index in [1.807, 2.05) is 41.8 Å². The Morgan fingerprint density at radius 2 is 1.56 bits per heavy atom. The van der Waals surface area contributed by atoms with Crippen molar-refractivity contribution in [2.24, 2.45) is 11.3 Å². The van der Waals surface area contributed by atoms with Crippen molar-refractivity contribution in [3.8, 4) is 0 Å². The summed E-state index contributed by atoms with van der Waals surface area (Å²) in [5, 5.41) is 0. The lowest BCUT2D eigenvalue weighted by atomic mass is 9.75. The van der Waals surface area contributed by atoms with Gasteiger partial charge in [-0.3, -0.25) is 24.2 Å². The largest absolute Gasteiger partial charge is 0.332 e. The van der Waals surface area contributed by atoms with Gasteiger partial charge >= 0.3 is 6.03 Å². The number of fused-ring (bicyclic) bond motifs is 4. The van der Waals surface area contributed by atoms with Crippen LogP contribution in [0.1, 0.15) is 29.2 Å². The number of piperidine rings is 1. The molecule has 0 radical (unpaired) electrons. The molecule has 34 heavy (non-hydrogen) atoms. The van der Waals surface area contributed by atoms with Gasteiger partial charge in [-0.15, -0.1) is 0 Å². The monoisotopic (exact) mass is 462 g/mol. The third kappa shape index (κ3) is 3.57. The normalized spacial score (nSPS) is 24.4. The number of urea groups is 1. The van der Waals surface area contributed by atoms with Crippen LogP contribution in [0.4, 0.5) is 4.79 Å². The molecule has 0 saturated carbocycles. The lowest BCUT2D eigenvalue weighted by Crippen LogP contribution is -2.67. The average Bonchev–Trinajstić information content (AvgIpc) is 2.82. The van der Waals surface area contributed by atoms with Crippen LogP contribution in [0.15, 0.2) is 47.3 Å². The van der Waals surface area contributed by atoms with Gasteiger partial charge < -0.3 is 9.47 Å². The third-order valence-electron chi connectivity index (χ3n) is 7.68. The minimum Gasteiger partial charge on any atom is -0.312 e. The Morgan fingerprint density at radius 1 is 0.882 bits per heavy atom. The van der Waals surface area contributed by atoms with Gasteiger partial charge in [-0.05, 0) is 37.3 Å². The van der Waals surface area contributed by atoms with Gasteiger partial charge in [0.1, 0.15) is 5.41 Å². The van der Waals surface area contributed by atoms with E-state index in [-0.39, 0.29) is 30.4 Å². The highest BCUT2D eigenvalue weighted by molar-refractivity contribution is 6.19. The third-order valence-corrected chi connectivity index (χ3v) is 7.68. The molecule has 2 atom stereocenters. The molecule has 2 aromatic rings. The van der Waals surface area contributed by atoms with E-state index < -0.39 is 23.3 Å². The molecule has 8 heteroatoms. The molecular formula is C26H30N4O4. The van der Waals surface area contributed by atoms with Crippen molar-refractivity contribution in [1.29, 1.82) is 0 Å². The SMILES string of the molecule is Cc1ccc(CC2(CN3CC4C[C@H](C3)c3cccc(=O)n3C4)C(=O)N(C)C(=O)N(C)C2=O)cc1. The lowest BCUT2D eigenvalue weighted by Gasteiger charge is -2.48. The molecule has 0 spiro atoms. The molecule has 3 aliphatic heterocycles. The van der Waals surface area contributed by atoms with Crippen LogP contribution >= 0.6 is 0 Å². The molecule has 0 aliphatic carbocycles. The zero-order valence-electron chi connectivity index (χ0n) is 19.9. The van der Waals surface area contributed by atoms with Crippen LogP contribution in [0.3, 0.4) is 0 Å². The smallest absolute Gasteiger partial charge is 0.312 e. The summed E-state index contributed by atoms with van der Waals surface area (Å²) in [6.07, 6.45) is 1.22. The summed E-state index contributed by atoms with van der Waals surface area (Å²) in [5.41, 5.74) is 1.65. The van der Waals surface area contributed by atoms with Crippen LogP contribution in [-0.4, -0.2) is 70.8 Å². The molecule has 2 bridgehead atoms. The van der Waals surface area contributed by atoms with Crippen molar-refractivity contribution in [3.05, 3.63) is 69.6 Å². The highest BCUT2D eigenvalue weighted by Gasteiger charge is 2.56. The van der Waals surface area contributed by atoms with Gasteiger partial charge in [0.15, 0.2) is 0 Å². The minimum absolute atomic E-state index is 0.0240. The van der Waals surface area contributed by atoms with Crippen LogP contribution < -0.4 is 5.56 Å². The lowest BCUT2D eigenvalue weighted by molar-refractivity contribution is -0.159. The summed E-state index contributed by atoms with van der Waals surface area (Å²) < 4.78 is 1.87. The van der Waals surface area contributed by atoms with Crippen molar-refractivity contribution in [3.63, 3.8) is 0 Å². The zero-order chi connectivity index (χ0) is 24.2. The van der Waals surface area contributed by atoms with Gasteiger partial charge in [0.25, 0.3) is 5.56 Å². The van der Waals surface area contributed by atoms with E-state index in [0.717, 1.165) is 33.0 Å². The van der Waals surface area contributed by atoms with E-state index in [2.05, 4.69) is 4.90 Å². The molecule has 8 nitrogen and oxygen atoms in total. The molecule has 178 valence electrons. The maximum absolute atomic E-state index is 13.6. The molecule has 3 aliphatic rings. The Morgan fingerprint density at radius 3 is 2.24 bits per heavy atom. The quantitative estimate of drug-likeness (QED) is 0.648. The van der Waals surface area contributed by atoms with Crippen LogP contribution in [-0.2, 0) is 22.6 Å². The molecule has 2 saturated heterocycles. The van der Waals surface area contributed by atoms with Gasteiger partial charge in [-0.1, -0.05) is 35.9 Å². The number of amides is 4. The van der Waals surface area contributed by atoms with Crippen LogP contribution in [0.5, 0.6) is 0 Å². The number of aryl methyl sites for hydroxylation is 1. The van der Waals surface area contributed by atoms with Crippen molar-refractivity contribution >= 4 is 17.8 Å². The number of barbiturate groups is 1. The molecule has 1 unspecified atom stereocenters. The number of aromatic nitrogens is 1. The van der Waals surface area contributed by atoms with E-state index in [9.17, 15) is 19.2 Å². The average molecular weight is 463 g/mol. The van der Waals surface area contributed by atoms with Crippen LogP contribution in [0.25, 0.3) is 0 Å². The number of carbonyl (C=O) groups excluding carboxylic acids is 3. The first-order valence-corrected chi connectivity index (χ1v) is 11.8. The second-order valence-electron chi connectivity index (χ2n) is 10.1. The van der Waals surface area contributed by atoms with Crippen LogP contribution in [0.2, 0.25) is 0 Å². The van der Waals surface area contributed by atoms with E-state index >= 15 is 0 Å². The highest BCUT2D eigenvalue weighted by Crippen LogP contribution is 2.39. The van der Waals surface area contributed by atoms with Gasteiger partial charge in [0, 0.05) is 58.0 Å². The summed E-state index contributed by atoms with van der Waals surface area (Å²) in [7, 11) is 2.90. The Labute approximate surface area is 198 Å². The molecule has 2 fully saturated rings. The predicted molar refractivity (Wildman–Crippen MR) is 126 cm³/mol. The van der Waals surface area contributed by atoms with Crippen molar-refractivity contribution in [2.45, 2.75) is 32.2 Å². The number of nitrogens with zero attached hydrogens (tertiary/aromatic N) is 4. The Bertz CT molecular complexity index is 1190.